The van der Waals surface area contributed by atoms with E-state index >= 15 is 0 Å². The molecule has 0 atom stereocenters. The highest BCUT2D eigenvalue weighted by molar-refractivity contribution is 6.32. The van der Waals surface area contributed by atoms with Gasteiger partial charge in [0, 0.05) is 17.1 Å². The van der Waals surface area contributed by atoms with E-state index in [2.05, 4.69) is 15.0 Å². The summed E-state index contributed by atoms with van der Waals surface area (Å²) < 4.78 is 0. The normalized spacial score (nSPS) is 10.9. The Labute approximate surface area is 116 Å². The summed E-state index contributed by atoms with van der Waals surface area (Å²) in [4.78, 5) is 13.3. The summed E-state index contributed by atoms with van der Waals surface area (Å²) in [5.74, 6) is 0. The molecule has 2 heterocycles. The number of rotatable bonds is 1. The summed E-state index contributed by atoms with van der Waals surface area (Å²) in [6, 6.07) is 9.85. The topological polar surface area (TPSA) is 38.7 Å². The Bertz CT molecular complexity index is 763. The number of aromatic nitrogens is 3. The third-order valence-electron chi connectivity index (χ3n) is 3.17. The molecule has 3 nitrogen and oxygen atoms in total. The number of benzene rings is 1. The lowest BCUT2D eigenvalue weighted by atomic mass is 10.1. The van der Waals surface area contributed by atoms with Crippen LogP contribution >= 0.6 is 11.6 Å². The van der Waals surface area contributed by atoms with Gasteiger partial charge in [-0.2, -0.15) is 0 Å². The number of hydrogen-bond acceptors (Lipinski definition) is 3. The van der Waals surface area contributed by atoms with E-state index in [0.717, 1.165) is 27.9 Å². The van der Waals surface area contributed by atoms with Gasteiger partial charge < -0.3 is 0 Å². The van der Waals surface area contributed by atoms with Gasteiger partial charge in [-0.05, 0) is 26.0 Å². The minimum atomic E-state index is 0.430. The molecule has 0 aliphatic heterocycles. The molecule has 0 fully saturated rings. The molecule has 4 heteroatoms. The average molecular weight is 270 g/mol. The molecule has 0 saturated carbocycles. The zero-order valence-electron chi connectivity index (χ0n) is 10.7. The fourth-order valence-corrected chi connectivity index (χ4v) is 2.33. The van der Waals surface area contributed by atoms with Gasteiger partial charge >= 0.3 is 0 Å². The van der Waals surface area contributed by atoms with Crippen LogP contribution in [0.2, 0.25) is 5.15 Å². The van der Waals surface area contributed by atoms with Crippen LogP contribution in [0, 0.1) is 13.8 Å². The summed E-state index contributed by atoms with van der Waals surface area (Å²) in [7, 11) is 0. The Morgan fingerprint density at radius 2 is 1.74 bits per heavy atom. The van der Waals surface area contributed by atoms with Crippen molar-refractivity contribution in [3.05, 3.63) is 53.1 Å². The van der Waals surface area contributed by atoms with E-state index < -0.39 is 0 Å². The fourth-order valence-electron chi connectivity index (χ4n) is 2.06. The van der Waals surface area contributed by atoms with Crippen LogP contribution in [-0.4, -0.2) is 15.0 Å². The van der Waals surface area contributed by atoms with Crippen molar-refractivity contribution >= 4 is 22.5 Å². The van der Waals surface area contributed by atoms with Gasteiger partial charge in [-0.1, -0.05) is 29.8 Å². The Morgan fingerprint density at radius 1 is 0.947 bits per heavy atom. The highest BCUT2D eigenvalue weighted by Gasteiger charge is 2.12. The number of hydrogen-bond donors (Lipinski definition) is 0. The maximum absolute atomic E-state index is 6.24. The maximum atomic E-state index is 6.24. The zero-order chi connectivity index (χ0) is 13.4. The van der Waals surface area contributed by atoms with Gasteiger partial charge in [-0.25, -0.2) is 9.97 Å². The van der Waals surface area contributed by atoms with Crippen LogP contribution in [0.4, 0.5) is 0 Å². The van der Waals surface area contributed by atoms with Crippen LogP contribution in [-0.2, 0) is 0 Å². The highest BCUT2D eigenvalue weighted by Crippen LogP contribution is 2.30. The summed E-state index contributed by atoms with van der Waals surface area (Å²) in [5, 5.41) is 1.46. The summed E-state index contributed by atoms with van der Waals surface area (Å²) in [5.41, 5.74) is 4.35. The first-order chi connectivity index (χ1) is 9.16. The quantitative estimate of drug-likeness (QED) is 0.671. The van der Waals surface area contributed by atoms with Crippen LogP contribution in [0.5, 0.6) is 0 Å². The lowest BCUT2D eigenvalue weighted by Gasteiger charge is -2.09. The van der Waals surface area contributed by atoms with Crippen LogP contribution in [0.25, 0.3) is 22.2 Å². The van der Waals surface area contributed by atoms with Gasteiger partial charge in [0.25, 0.3) is 0 Å². The number of aryl methyl sites for hydroxylation is 2. The van der Waals surface area contributed by atoms with E-state index in [1.54, 1.807) is 6.20 Å². The maximum Gasteiger partial charge on any atom is 0.155 e. The van der Waals surface area contributed by atoms with Crippen LogP contribution < -0.4 is 0 Å². The molecule has 94 valence electrons. The first-order valence-corrected chi connectivity index (χ1v) is 6.39. The van der Waals surface area contributed by atoms with Gasteiger partial charge in [0.2, 0.25) is 0 Å². The lowest BCUT2D eigenvalue weighted by Crippen LogP contribution is -1.97. The van der Waals surface area contributed by atoms with Gasteiger partial charge in [0.15, 0.2) is 5.15 Å². The van der Waals surface area contributed by atoms with Crippen molar-refractivity contribution in [2.45, 2.75) is 13.8 Å². The standard InChI is InChI=1S/C15H12ClN3/c1-9-10(2)19-15(16)14(18-9)12-5-3-7-13-11(12)6-4-8-17-13/h3-8H,1-2H3. The van der Waals surface area contributed by atoms with E-state index in [0.29, 0.717) is 10.8 Å². The van der Waals surface area contributed by atoms with Gasteiger partial charge in [0.05, 0.1) is 16.9 Å². The minimum Gasteiger partial charge on any atom is -0.256 e. The van der Waals surface area contributed by atoms with Crippen LogP contribution in [0.3, 0.4) is 0 Å². The van der Waals surface area contributed by atoms with Gasteiger partial charge in [-0.15, -0.1) is 0 Å². The summed E-state index contributed by atoms with van der Waals surface area (Å²) >= 11 is 6.24. The molecule has 1 aromatic carbocycles. The van der Waals surface area contributed by atoms with Crippen molar-refractivity contribution in [2.75, 3.05) is 0 Å². The summed E-state index contributed by atoms with van der Waals surface area (Å²) in [6.45, 7) is 3.84. The average Bonchev–Trinajstić information content (AvgIpc) is 2.42. The van der Waals surface area contributed by atoms with E-state index in [-0.39, 0.29) is 0 Å². The van der Waals surface area contributed by atoms with E-state index in [4.69, 9.17) is 11.6 Å². The molecule has 0 unspecified atom stereocenters. The molecule has 0 bridgehead atoms. The molecule has 0 amide bonds. The molecular weight excluding hydrogens is 258 g/mol. The molecule has 2 aromatic heterocycles. The molecule has 3 rings (SSSR count). The Balaban J connectivity index is 2.33. The third-order valence-corrected chi connectivity index (χ3v) is 3.43. The van der Waals surface area contributed by atoms with Crippen LogP contribution in [0.15, 0.2) is 36.5 Å². The molecule has 0 spiro atoms. The first kappa shape index (κ1) is 12.1. The molecule has 19 heavy (non-hydrogen) atoms. The SMILES string of the molecule is Cc1nc(Cl)c(-c2cccc3ncccc23)nc1C. The predicted molar refractivity (Wildman–Crippen MR) is 77.3 cm³/mol. The van der Waals surface area contributed by atoms with Crippen molar-refractivity contribution in [2.24, 2.45) is 0 Å². The Hall–Kier alpha value is -2.00. The smallest absolute Gasteiger partial charge is 0.155 e. The second kappa shape index (κ2) is 4.59. The molecule has 0 N–H and O–H groups in total. The van der Waals surface area contributed by atoms with E-state index in [1.165, 1.54) is 0 Å². The fraction of sp³-hybridized carbons (Fsp3) is 0.133. The summed E-state index contributed by atoms with van der Waals surface area (Å²) in [6.07, 6.45) is 1.78. The zero-order valence-corrected chi connectivity index (χ0v) is 11.4. The molecule has 0 radical (unpaired) electrons. The molecule has 0 saturated heterocycles. The molecular formula is C15H12ClN3. The monoisotopic (exact) mass is 269 g/mol. The van der Waals surface area contributed by atoms with Gasteiger partial charge in [-0.3, -0.25) is 4.98 Å². The Morgan fingerprint density at radius 3 is 2.58 bits per heavy atom. The molecule has 0 aliphatic rings. The number of halogens is 1. The van der Waals surface area contributed by atoms with Crippen LogP contribution in [0.1, 0.15) is 11.4 Å². The number of nitrogens with zero attached hydrogens (tertiary/aromatic N) is 3. The predicted octanol–water partition coefficient (Wildman–Crippen LogP) is 3.96. The largest absolute Gasteiger partial charge is 0.256 e. The second-order valence-corrected chi connectivity index (χ2v) is 4.77. The minimum absolute atomic E-state index is 0.430. The van der Waals surface area contributed by atoms with Crippen molar-refractivity contribution < 1.29 is 0 Å². The van der Waals surface area contributed by atoms with E-state index in [9.17, 15) is 0 Å². The van der Waals surface area contributed by atoms with E-state index in [1.807, 2.05) is 44.2 Å². The third kappa shape index (κ3) is 2.06. The second-order valence-electron chi connectivity index (χ2n) is 4.41. The molecule has 0 aliphatic carbocycles. The van der Waals surface area contributed by atoms with Gasteiger partial charge in [0.1, 0.15) is 5.69 Å². The van der Waals surface area contributed by atoms with Crippen molar-refractivity contribution in [1.29, 1.82) is 0 Å². The number of pyridine rings is 1. The van der Waals surface area contributed by atoms with Crippen molar-refractivity contribution in [1.82, 2.24) is 15.0 Å². The molecule has 3 aromatic rings. The van der Waals surface area contributed by atoms with Crippen molar-refractivity contribution in [3.8, 4) is 11.3 Å². The van der Waals surface area contributed by atoms with Crippen molar-refractivity contribution in [3.63, 3.8) is 0 Å². The highest BCUT2D eigenvalue weighted by atomic mass is 35.5. The Kier molecular flexibility index (Phi) is 2.91. The number of fused-ring (bicyclic) bond motifs is 1. The first-order valence-electron chi connectivity index (χ1n) is 6.01. The lowest BCUT2D eigenvalue weighted by molar-refractivity contribution is 1.05.